The summed E-state index contributed by atoms with van der Waals surface area (Å²) < 4.78 is 25.3. The van der Waals surface area contributed by atoms with Crippen LogP contribution in [0.2, 0.25) is 0 Å². The van der Waals surface area contributed by atoms with Gasteiger partial charge in [-0.1, -0.05) is 0 Å². The molecule has 15 heavy (non-hydrogen) atoms. The number of carbonyl (C=O) groups excluding carboxylic acids is 1. The number of nitrogens with zero attached hydrogens (tertiary/aromatic N) is 1. The zero-order valence-corrected chi connectivity index (χ0v) is 9.32. The summed E-state index contributed by atoms with van der Waals surface area (Å²) in [7, 11) is 0. The molecule has 0 radical (unpaired) electrons. The van der Waals surface area contributed by atoms with Crippen molar-refractivity contribution in [3.63, 3.8) is 0 Å². The fourth-order valence-corrected chi connectivity index (χ4v) is 1.85. The van der Waals surface area contributed by atoms with Crippen LogP contribution in [-0.4, -0.2) is 42.4 Å². The highest BCUT2D eigenvalue weighted by molar-refractivity contribution is 5.85. The molecule has 1 heterocycles. The van der Waals surface area contributed by atoms with Crippen molar-refractivity contribution in [3.05, 3.63) is 0 Å². The number of halogens is 3. The lowest BCUT2D eigenvalue weighted by Gasteiger charge is -2.34. The predicted octanol–water partition coefficient (Wildman–Crippen LogP) is 0.884. The average molecular weight is 241 g/mol. The number of carbonyl (C=O) groups is 1. The van der Waals surface area contributed by atoms with E-state index in [0.29, 0.717) is 19.6 Å². The molecule has 2 rings (SSSR count). The molecule has 3 nitrogen and oxygen atoms in total. The topological polar surface area (TPSA) is 32.3 Å². The number of hydrogen-bond donors (Lipinski definition) is 1. The Morgan fingerprint density at radius 2 is 2.13 bits per heavy atom. The van der Waals surface area contributed by atoms with Gasteiger partial charge in [-0.2, -0.15) is 0 Å². The Labute approximate surface area is 93.6 Å². The number of piperazine rings is 1. The van der Waals surface area contributed by atoms with E-state index in [4.69, 9.17) is 0 Å². The van der Waals surface area contributed by atoms with Crippen molar-refractivity contribution >= 4 is 18.3 Å². The molecule has 0 spiro atoms. The normalized spacial score (nSPS) is 33.1. The highest BCUT2D eigenvalue weighted by Gasteiger charge is 2.62. The second-order valence-electron chi connectivity index (χ2n) is 4.10. The molecule has 1 saturated carbocycles. The third-order valence-electron chi connectivity index (χ3n) is 2.91. The maximum Gasteiger partial charge on any atom is 0.260 e. The summed E-state index contributed by atoms with van der Waals surface area (Å²) in [5, 5.41) is 3.12. The maximum atomic E-state index is 12.7. The average Bonchev–Trinajstić information content (AvgIpc) is 2.75. The number of amides is 1. The van der Waals surface area contributed by atoms with Crippen LogP contribution in [-0.2, 0) is 4.79 Å². The van der Waals surface area contributed by atoms with Gasteiger partial charge in [0.15, 0.2) is 0 Å². The lowest BCUT2D eigenvalue weighted by molar-refractivity contribution is -0.137. The van der Waals surface area contributed by atoms with Crippen LogP contribution in [0.4, 0.5) is 8.78 Å². The van der Waals surface area contributed by atoms with Crippen LogP contribution in [0.15, 0.2) is 0 Å². The Morgan fingerprint density at radius 3 is 2.60 bits per heavy atom. The number of nitrogens with one attached hydrogen (secondary N) is 1. The smallest absolute Gasteiger partial charge is 0.260 e. The Kier molecular flexibility index (Phi) is 3.55. The SMILES string of the molecule is C[C@@H]1CNCCN1C(=O)C1CC1(F)F.Cl. The van der Waals surface area contributed by atoms with Crippen molar-refractivity contribution < 1.29 is 13.6 Å². The molecule has 2 atom stereocenters. The van der Waals surface area contributed by atoms with Gasteiger partial charge in [-0.25, -0.2) is 8.78 Å². The van der Waals surface area contributed by atoms with Gasteiger partial charge in [0, 0.05) is 32.1 Å². The van der Waals surface area contributed by atoms with Crippen LogP contribution in [0.3, 0.4) is 0 Å². The second-order valence-corrected chi connectivity index (χ2v) is 4.10. The number of rotatable bonds is 1. The van der Waals surface area contributed by atoms with Crippen LogP contribution in [0.1, 0.15) is 13.3 Å². The Bertz CT molecular complexity index is 262. The quantitative estimate of drug-likeness (QED) is 0.738. The Hall–Kier alpha value is -0.420. The molecule has 2 aliphatic rings. The van der Waals surface area contributed by atoms with E-state index in [2.05, 4.69) is 5.32 Å². The lowest BCUT2D eigenvalue weighted by Crippen LogP contribution is -2.53. The summed E-state index contributed by atoms with van der Waals surface area (Å²) in [4.78, 5) is 13.2. The zero-order chi connectivity index (χ0) is 10.3. The third kappa shape index (κ3) is 2.39. The van der Waals surface area contributed by atoms with Crippen molar-refractivity contribution in [2.75, 3.05) is 19.6 Å². The summed E-state index contributed by atoms with van der Waals surface area (Å²) in [5.74, 6) is -4.14. The summed E-state index contributed by atoms with van der Waals surface area (Å²) in [6.45, 7) is 3.83. The van der Waals surface area contributed by atoms with Crippen LogP contribution in [0.5, 0.6) is 0 Å². The molecule has 0 bridgehead atoms. The fraction of sp³-hybridized carbons (Fsp3) is 0.889. The van der Waals surface area contributed by atoms with Crippen molar-refractivity contribution in [2.45, 2.75) is 25.3 Å². The molecule has 1 unspecified atom stereocenters. The van der Waals surface area contributed by atoms with E-state index in [0.717, 1.165) is 0 Å². The first kappa shape index (κ1) is 12.6. The van der Waals surface area contributed by atoms with Gasteiger partial charge in [-0.05, 0) is 6.92 Å². The van der Waals surface area contributed by atoms with Crippen molar-refractivity contribution in [1.29, 1.82) is 0 Å². The molecule has 2 fully saturated rings. The zero-order valence-electron chi connectivity index (χ0n) is 8.50. The molecule has 0 aromatic heterocycles. The molecule has 1 aliphatic carbocycles. The van der Waals surface area contributed by atoms with Gasteiger partial charge in [-0.15, -0.1) is 12.4 Å². The fourth-order valence-electron chi connectivity index (χ4n) is 1.85. The van der Waals surface area contributed by atoms with Gasteiger partial charge in [0.25, 0.3) is 5.92 Å². The summed E-state index contributed by atoms with van der Waals surface area (Å²) in [6, 6.07) is 0.0349. The Balaban J connectivity index is 0.00000112. The maximum absolute atomic E-state index is 12.7. The third-order valence-corrected chi connectivity index (χ3v) is 2.91. The van der Waals surface area contributed by atoms with Crippen LogP contribution in [0.25, 0.3) is 0 Å². The first-order chi connectivity index (χ1) is 6.52. The molecule has 88 valence electrons. The van der Waals surface area contributed by atoms with E-state index < -0.39 is 11.8 Å². The summed E-state index contributed by atoms with van der Waals surface area (Å²) in [5.41, 5.74) is 0. The molecule has 1 saturated heterocycles. The van der Waals surface area contributed by atoms with Crippen molar-refractivity contribution in [2.24, 2.45) is 5.92 Å². The van der Waals surface area contributed by atoms with Crippen LogP contribution >= 0.6 is 12.4 Å². The minimum atomic E-state index is -2.73. The molecule has 0 aromatic rings. The summed E-state index contributed by atoms with van der Waals surface area (Å²) >= 11 is 0. The molecule has 6 heteroatoms. The van der Waals surface area contributed by atoms with Crippen LogP contribution in [0, 0.1) is 5.92 Å². The van der Waals surface area contributed by atoms with Gasteiger partial charge in [-0.3, -0.25) is 4.79 Å². The summed E-state index contributed by atoms with van der Waals surface area (Å²) in [6.07, 6.45) is -0.261. The monoisotopic (exact) mass is 240 g/mol. The molecular formula is C9H15ClF2N2O. The van der Waals surface area contributed by atoms with E-state index >= 15 is 0 Å². The first-order valence-electron chi connectivity index (χ1n) is 4.91. The van der Waals surface area contributed by atoms with Gasteiger partial charge < -0.3 is 10.2 Å². The Morgan fingerprint density at radius 1 is 1.53 bits per heavy atom. The standard InChI is InChI=1S/C9H14F2N2O.ClH/c1-6-5-12-2-3-13(6)8(14)7-4-9(7,10)11;/h6-7,12H,2-5H2,1H3;1H/t6-,7?;/m1./s1. The lowest BCUT2D eigenvalue weighted by atomic mass is 10.2. The van der Waals surface area contributed by atoms with Crippen molar-refractivity contribution in [3.8, 4) is 0 Å². The van der Waals surface area contributed by atoms with Gasteiger partial charge in [0.1, 0.15) is 5.92 Å². The van der Waals surface area contributed by atoms with E-state index in [1.807, 2.05) is 6.92 Å². The highest BCUT2D eigenvalue weighted by atomic mass is 35.5. The van der Waals surface area contributed by atoms with E-state index in [9.17, 15) is 13.6 Å². The molecular weight excluding hydrogens is 226 g/mol. The van der Waals surface area contributed by atoms with Crippen molar-refractivity contribution in [1.82, 2.24) is 10.2 Å². The van der Waals surface area contributed by atoms with E-state index in [1.54, 1.807) is 4.90 Å². The van der Waals surface area contributed by atoms with Crippen LogP contribution < -0.4 is 5.32 Å². The van der Waals surface area contributed by atoms with Gasteiger partial charge >= 0.3 is 0 Å². The second kappa shape index (κ2) is 4.22. The molecule has 1 aliphatic heterocycles. The van der Waals surface area contributed by atoms with E-state index in [-0.39, 0.29) is 30.8 Å². The van der Waals surface area contributed by atoms with E-state index in [1.165, 1.54) is 0 Å². The first-order valence-corrected chi connectivity index (χ1v) is 4.91. The minimum absolute atomic E-state index is 0. The number of alkyl halides is 2. The minimum Gasteiger partial charge on any atom is -0.337 e. The number of hydrogen-bond acceptors (Lipinski definition) is 2. The highest BCUT2D eigenvalue weighted by Crippen LogP contribution is 2.49. The molecule has 1 N–H and O–H groups in total. The largest absolute Gasteiger partial charge is 0.337 e. The van der Waals surface area contributed by atoms with Gasteiger partial charge in [0.2, 0.25) is 5.91 Å². The predicted molar refractivity (Wildman–Crippen MR) is 54.3 cm³/mol. The molecule has 0 aromatic carbocycles. The molecule has 1 amide bonds. The van der Waals surface area contributed by atoms with Gasteiger partial charge in [0.05, 0.1) is 0 Å².